The van der Waals surface area contributed by atoms with Crippen LogP contribution in [0.4, 0.5) is 0 Å². The van der Waals surface area contributed by atoms with Crippen molar-refractivity contribution in [3.05, 3.63) is 35.9 Å². The van der Waals surface area contributed by atoms with Crippen LogP contribution in [-0.4, -0.2) is 20.2 Å². The van der Waals surface area contributed by atoms with Gasteiger partial charge in [0.05, 0.1) is 6.61 Å². The fourth-order valence-electron chi connectivity index (χ4n) is 1.45. The smallest absolute Gasteiger partial charge is 0.0716 e. The van der Waals surface area contributed by atoms with E-state index < -0.39 is 0 Å². The van der Waals surface area contributed by atoms with Gasteiger partial charge in [-0.05, 0) is 38.4 Å². The van der Waals surface area contributed by atoms with Gasteiger partial charge in [-0.3, -0.25) is 0 Å². The van der Waals surface area contributed by atoms with Crippen molar-refractivity contribution in [2.45, 2.75) is 25.9 Å². The summed E-state index contributed by atoms with van der Waals surface area (Å²) in [4.78, 5) is 0. The highest BCUT2D eigenvalue weighted by atomic mass is 16.5. The largest absolute Gasteiger partial charge is 0.377 e. The zero-order valence-corrected chi connectivity index (χ0v) is 9.54. The molecule has 0 saturated heterocycles. The van der Waals surface area contributed by atoms with Gasteiger partial charge in [0.15, 0.2) is 0 Å². The molecular formula is C13H21NO. The Balaban J connectivity index is 1.93. The summed E-state index contributed by atoms with van der Waals surface area (Å²) in [5.41, 5.74) is 1.26. The molecule has 0 saturated carbocycles. The van der Waals surface area contributed by atoms with Crippen molar-refractivity contribution < 1.29 is 4.74 Å². The van der Waals surface area contributed by atoms with Gasteiger partial charge in [0.2, 0.25) is 0 Å². The predicted molar refractivity (Wildman–Crippen MR) is 63.9 cm³/mol. The van der Waals surface area contributed by atoms with E-state index >= 15 is 0 Å². The second-order valence-corrected chi connectivity index (χ2v) is 3.70. The molecule has 0 bridgehead atoms. The Labute approximate surface area is 92.6 Å². The lowest BCUT2D eigenvalue weighted by Crippen LogP contribution is -2.07. The highest BCUT2D eigenvalue weighted by Crippen LogP contribution is 2.02. The van der Waals surface area contributed by atoms with Crippen LogP contribution in [0.15, 0.2) is 30.3 Å². The monoisotopic (exact) mass is 207 g/mol. The summed E-state index contributed by atoms with van der Waals surface area (Å²) >= 11 is 0. The minimum absolute atomic E-state index is 0.743. The molecule has 0 atom stereocenters. The SMILES string of the molecule is CNCCCCCOCc1ccccc1. The van der Waals surface area contributed by atoms with Gasteiger partial charge < -0.3 is 10.1 Å². The van der Waals surface area contributed by atoms with Crippen molar-refractivity contribution in [2.24, 2.45) is 0 Å². The molecule has 0 radical (unpaired) electrons. The molecule has 0 unspecified atom stereocenters. The van der Waals surface area contributed by atoms with Gasteiger partial charge in [0, 0.05) is 6.61 Å². The van der Waals surface area contributed by atoms with E-state index in [0.29, 0.717) is 0 Å². The van der Waals surface area contributed by atoms with Crippen molar-refractivity contribution in [3.63, 3.8) is 0 Å². The van der Waals surface area contributed by atoms with Crippen molar-refractivity contribution in [2.75, 3.05) is 20.2 Å². The Morgan fingerprint density at radius 1 is 1.07 bits per heavy atom. The van der Waals surface area contributed by atoms with Gasteiger partial charge in [0.1, 0.15) is 0 Å². The van der Waals surface area contributed by atoms with Gasteiger partial charge in [0.25, 0.3) is 0 Å². The number of hydrogen-bond acceptors (Lipinski definition) is 2. The summed E-state index contributed by atoms with van der Waals surface area (Å²) in [5, 5.41) is 3.14. The Hall–Kier alpha value is -0.860. The van der Waals surface area contributed by atoms with Crippen LogP contribution >= 0.6 is 0 Å². The first-order valence-electron chi connectivity index (χ1n) is 5.70. The van der Waals surface area contributed by atoms with E-state index in [4.69, 9.17) is 4.74 Å². The number of nitrogens with one attached hydrogen (secondary N) is 1. The number of ether oxygens (including phenoxy) is 1. The average molecular weight is 207 g/mol. The number of rotatable bonds is 8. The van der Waals surface area contributed by atoms with E-state index in [2.05, 4.69) is 17.4 Å². The van der Waals surface area contributed by atoms with Gasteiger partial charge in [-0.25, -0.2) is 0 Å². The minimum Gasteiger partial charge on any atom is -0.377 e. The molecule has 0 fully saturated rings. The van der Waals surface area contributed by atoms with Crippen LogP contribution in [0.1, 0.15) is 24.8 Å². The van der Waals surface area contributed by atoms with Gasteiger partial charge in [-0.2, -0.15) is 0 Å². The summed E-state index contributed by atoms with van der Waals surface area (Å²) in [7, 11) is 1.99. The predicted octanol–water partition coefficient (Wildman–Crippen LogP) is 2.59. The first-order chi connectivity index (χ1) is 7.43. The fraction of sp³-hybridized carbons (Fsp3) is 0.538. The molecule has 0 spiro atoms. The first-order valence-corrected chi connectivity index (χ1v) is 5.70. The maximum Gasteiger partial charge on any atom is 0.0716 e. The van der Waals surface area contributed by atoms with Crippen molar-refractivity contribution in [1.82, 2.24) is 5.32 Å². The van der Waals surface area contributed by atoms with Crippen LogP contribution in [0.3, 0.4) is 0 Å². The van der Waals surface area contributed by atoms with Crippen LogP contribution in [0.2, 0.25) is 0 Å². The Bertz CT molecular complexity index is 236. The van der Waals surface area contributed by atoms with Crippen molar-refractivity contribution >= 4 is 0 Å². The zero-order chi connectivity index (χ0) is 10.8. The highest BCUT2D eigenvalue weighted by Gasteiger charge is 1.92. The van der Waals surface area contributed by atoms with E-state index in [0.717, 1.165) is 26.2 Å². The van der Waals surface area contributed by atoms with E-state index in [9.17, 15) is 0 Å². The van der Waals surface area contributed by atoms with Crippen molar-refractivity contribution in [1.29, 1.82) is 0 Å². The molecule has 15 heavy (non-hydrogen) atoms. The molecule has 84 valence electrons. The van der Waals surface area contributed by atoms with Crippen molar-refractivity contribution in [3.8, 4) is 0 Å². The van der Waals surface area contributed by atoms with Crippen LogP contribution in [0, 0.1) is 0 Å². The Morgan fingerprint density at radius 3 is 2.60 bits per heavy atom. The molecule has 2 heteroatoms. The van der Waals surface area contributed by atoms with Gasteiger partial charge in [-0.15, -0.1) is 0 Å². The molecule has 0 amide bonds. The molecule has 1 aromatic carbocycles. The number of hydrogen-bond donors (Lipinski definition) is 1. The lowest BCUT2D eigenvalue weighted by Gasteiger charge is -2.04. The maximum atomic E-state index is 5.58. The fourth-order valence-corrected chi connectivity index (χ4v) is 1.45. The topological polar surface area (TPSA) is 21.3 Å². The van der Waals surface area contributed by atoms with Gasteiger partial charge >= 0.3 is 0 Å². The molecule has 0 aliphatic carbocycles. The molecule has 0 aliphatic heterocycles. The van der Waals surface area contributed by atoms with E-state index in [-0.39, 0.29) is 0 Å². The summed E-state index contributed by atoms with van der Waals surface area (Å²) < 4.78 is 5.58. The summed E-state index contributed by atoms with van der Waals surface area (Å²) in [6.07, 6.45) is 3.65. The van der Waals surface area contributed by atoms with E-state index in [1.54, 1.807) is 0 Å². The lowest BCUT2D eigenvalue weighted by atomic mass is 10.2. The summed E-state index contributed by atoms with van der Waals surface area (Å²) in [5.74, 6) is 0. The molecule has 1 aromatic rings. The molecule has 0 aliphatic rings. The Kier molecular flexibility index (Phi) is 6.88. The van der Waals surface area contributed by atoms with Crippen LogP contribution in [0.5, 0.6) is 0 Å². The third-order valence-electron chi connectivity index (χ3n) is 2.33. The molecular weight excluding hydrogens is 186 g/mol. The third-order valence-corrected chi connectivity index (χ3v) is 2.33. The third kappa shape index (κ3) is 6.26. The lowest BCUT2D eigenvalue weighted by molar-refractivity contribution is 0.117. The minimum atomic E-state index is 0.743. The van der Waals surface area contributed by atoms with Crippen LogP contribution < -0.4 is 5.32 Å². The number of benzene rings is 1. The molecule has 2 nitrogen and oxygen atoms in total. The molecule has 0 aromatic heterocycles. The van der Waals surface area contributed by atoms with Crippen LogP contribution in [-0.2, 0) is 11.3 Å². The van der Waals surface area contributed by atoms with Crippen LogP contribution in [0.25, 0.3) is 0 Å². The number of unbranched alkanes of at least 4 members (excludes halogenated alkanes) is 2. The summed E-state index contributed by atoms with van der Waals surface area (Å²) in [6.45, 7) is 2.73. The standard InChI is InChI=1S/C13H21NO/c1-14-10-6-3-7-11-15-12-13-8-4-2-5-9-13/h2,4-5,8-9,14H,3,6-7,10-12H2,1H3. The van der Waals surface area contributed by atoms with E-state index in [1.165, 1.54) is 18.4 Å². The average Bonchev–Trinajstić information content (AvgIpc) is 2.29. The normalized spacial score (nSPS) is 10.5. The second kappa shape index (κ2) is 8.45. The molecule has 1 rings (SSSR count). The molecule has 0 heterocycles. The first kappa shape index (κ1) is 12.2. The molecule has 1 N–H and O–H groups in total. The quantitative estimate of drug-likeness (QED) is 0.662. The van der Waals surface area contributed by atoms with Gasteiger partial charge in [-0.1, -0.05) is 30.3 Å². The Morgan fingerprint density at radius 2 is 1.87 bits per heavy atom. The highest BCUT2D eigenvalue weighted by molar-refractivity contribution is 5.13. The maximum absolute atomic E-state index is 5.58. The second-order valence-electron chi connectivity index (χ2n) is 3.70. The summed E-state index contributed by atoms with van der Waals surface area (Å²) in [6, 6.07) is 10.3. The zero-order valence-electron chi connectivity index (χ0n) is 9.54. The van der Waals surface area contributed by atoms with E-state index in [1.807, 2.05) is 25.2 Å².